The van der Waals surface area contributed by atoms with Crippen molar-refractivity contribution in [1.29, 1.82) is 0 Å². The molecule has 0 aliphatic carbocycles. The Morgan fingerprint density at radius 2 is 2.05 bits per heavy atom. The van der Waals surface area contributed by atoms with E-state index in [0.717, 1.165) is 17.0 Å². The van der Waals surface area contributed by atoms with Crippen molar-refractivity contribution >= 4 is 28.9 Å². The fraction of sp³-hybridized carbons (Fsp3) is 0.267. The summed E-state index contributed by atoms with van der Waals surface area (Å²) < 4.78 is 0. The Labute approximate surface area is 126 Å². The van der Waals surface area contributed by atoms with E-state index in [0.29, 0.717) is 16.3 Å². The van der Waals surface area contributed by atoms with Gasteiger partial charge in [0.05, 0.1) is 16.3 Å². The largest absolute Gasteiger partial charge is 0.478 e. The number of carboxylic acid groups (broad SMARTS) is 1. The van der Waals surface area contributed by atoms with Gasteiger partial charge in [-0.2, -0.15) is 0 Å². The molecule has 0 fully saturated rings. The number of thiazole rings is 1. The summed E-state index contributed by atoms with van der Waals surface area (Å²) in [7, 11) is 0. The summed E-state index contributed by atoms with van der Waals surface area (Å²) in [5.41, 5.74) is 2.16. The molecule has 0 bridgehead atoms. The van der Waals surface area contributed by atoms with Crippen LogP contribution in [-0.4, -0.2) is 22.0 Å². The third kappa shape index (κ3) is 3.28. The monoisotopic (exact) mass is 304 g/mol. The molecule has 0 radical (unpaired) electrons. The van der Waals surface area contributed by atoms with Crippen LogP contribution in [0.5, 0.6) is 0 Å². The molecule has 2 rings (SSSR count). The Hall–Kier alpha value is -2.21. The normalized spacial score (nSPS) is 10.4. The fourth-order valence-corrected chi connectivity index (χ4v) is 2.78. The minimum Gasteiger partial charge on any atom is -0.478 e. The maximum atomic E-state index is 12.3. The number of carbonyl (C=O) groups excluding carboxylic acids is 1. The fourth-order valence-electron chi connectivity index (χ4n) is 1.88. The number of anilines is 1. The molecule has 0 atom stereocenters. The summed E-state index contributed by atoms with van der Waals surface area (Å²) in [5.74, 6) is -1.27. The van der Waals surface area contributed by atoms with Gasteiger partial charge in [0.25, 0.3) is 5.91 Å². The topological polar surface area (TPSA) is 79.3 Å². The number of hydrogen-bond donors (Lipinski definition) is 2. The van der Waals surface area contributed by atoms with Crippen molar-refractivity contribution in [3.8, 4) is 0 Å². The number of amides is 1. The van der Waals surface area contributed by atoms with Crippen LogP contribution in [0.4, 0.5) is 5.69 Å². The van der Waals surface area contributed by atoms with E-state index in [4.69, 9.17) is 5.11 Å². The highest BCUT2D eigenvalue weighted by Gasteiger charge is 2.16. The van der Waals surface area contributed by atoms with Crippen molar-refractivity contribution in [3.63, 3.8) is 0 Å². The summed E-state index contributed by atoms with van der Waals surface area (Å²) in [6.45, 7) is 5.60. The molecule has 2 aromatic rings. The molecule has 0 aliphatic heterocycles. The first-order chi connectivity index (χ1) is 9.92. The maximum absolute atomic E-state index is 12.3. The maximum Gasteiger partial charge on any atom is 0.335 e. The first-order valence-electron chi connectivity index (χ1n) is 6.54. The van der Waals surface area contributed by atoms with Crippen LogP contribution in [0, 0.1) is 13.8 Å². The molecule has 2 N–H and O–H groups in total. The second-order valence-electron chi connectivity index (χ2n) is 4.66. The van der Waals surface area contributed by atoms with Gasteiger partial charge >= 0.3 is 5.97 Å². The van der Waals surface area contributed by atoms with Crippen molar-refractivity contribution in [1.82, 2.24) is 4.98 Å². The first kappa shape index (κ1) is 15.2. The minimum atomic E-state index is -1.02. The third-order valence-electron chi connectivity index (χ3n) is 3.08. The number of nitrogens with zero attached hydrogens (tertiary/aromatic N) is 1. The predicted molar refractivity (Wildman–Crippen MR) is 82.3 cm³/mol. The van der Waals surface area contributed by atoms with Crippen LogP contribution in [0.1, 0.15) is 43.2 Å². The van der Waals surface area contributed by atoms with Crippen molar-refractivity contribution in [2.45, 2.75) is 27.2 Å². The lowest BCUT2D eigenvalue weighted by molar-refractivity contribution is 0.0696. The highest BCUT2D eigenvalue weighted by Crippen LogP contribution is 2.22. The van der Waals surface area contributed by atoms with E-state index in [1.807, 2.05) is 13.8 Å². The Morgan fingerprint density at radius 1 is 1.33 bits per heavy atom. The zero-order valence-corrected chi connectivity index (χ0v) is 12.9. The Kier molecular flexibility index (Phi) is 4.37. The average molecular weight is 304 g/mol. The van der Waals surface area contributed by atoms with Gasteiger partial charge in [0.2, 0.25) is 0 Å². The van der Waals surface area contributed by atoms with Crippen LogP contribution in [0.3, 0.4) is 0 Å². The lowest BCUT2D eigenvalue weighted by atomic mass is 10.1. The summed E-state index contributed by atoms with van der Waals surface area (Å²) >= 11 is 1.36. The van der Waals surface area contributed by atoms with Crippen LogP contribution < -0.4 is 5.32 Å². The standard InChI is InChI=1S/C15H16N2O3S/c1-4-12-16-9(3)13(21-12)14(18)17-11-7-10(15(19)20)6-5-8(11)2/h5-7H,4H2,1-3H3,(H,17,18)(H,19,20). The molecule has 0 saturated heterocycles. The van der Waals surface area contributed by atoms with Gasteiger partial charge < -0.3 is 10.4 Å². The number of carbonyl (C=O) groups is 2. The first-order valence-corrected chi connectivity index (χ1v) is 7.35. The molecule has 1 aromatic heterocycles. The van der Waals surface area contributed by atoms with E-state index in [1.54, 1.807) is 13.0 Å². The van der Waals surface area contributed by atoms with E-state index < -0.39 is 5.97 Å². The number of benzene rings is 1. The summed E-state index contributed by atoms with van der Waals surface area (Å²) in [4.78, 5) is 28.2. The quantitative estimate of drug-likeness (QED) is 0.908. The number of aromatic nitrogens is 1. The molecule has 1 amide bonds. The van der Waals surface area contributed by atoms with E-state index in [9.17, 15) is 9.59 Å². The Bertz CT molecular complexity index is 707. The minimum absolute atomic E-state index is 0.145. The van der Waals surface area contributed by atoms with Crippen LogP contribution >= 0.6 is 11.3 Å². The lowest BCUT2D eigenvalue weighted by Crippen LogP contribution is -2.13. The van der Waals surface area contributed by atoms with Crippen molar-refractivity contribution in [2.75, 3.05) is 5.32 Å². The number of nitrogens with one attached hydrogen (secondary N) is 1. The summed E-state index contributed by atoms with van der Waals surface area (Å²) in [6.07, 6.45) is 0.784. The van der Waals surface area contributed by atoms with Gasteiger partial charge in [0.1, 0.15) is 4.88 Å². The number of aryl methyl sites for hydroxylation is 3. The second-order valence-corrected chi connectivity index (χ2v) is 5.75. The molecule has 6 heteroatoms. The van der Waals surface area contributed by atoms with E-state index in [2.05, 4.69) is 10.3 Å². The van der Waals surface area contributed by atoms with E-state index in [-0.39, 0.29) is 11.5 Å². The summed E-state index contributed by atoms with van der Waals surface area (Å²) in [5, 5.41) is 12.7. The molecule has 110 valence electrons. The van der Waals surface area contributed by atoms with Crippen molar-refractivity contribution in [2.24, 2.45) is 0 Å². The smallest absolute Gasteiger partial charge is 0.335 e. The van der Waals surface area contributed by atoms with Gasteiger partial charge in [-0.05, 0) is 38.0 Å². The predicted octanol–water partition coefficient (Wildman–Crippen LogP) is 3.27. The molecule has 1 aromatic carbocycles. The molecule has 0 saturated carbocycles. The highest BCUT2D eigenvalue weighted by molar-refractivity contribution is 7.13. The Balaban J connectivity index is 2.28. The average Bonchev–Trinajstić information content (AvgIpc) is 2.82. The molecule has 21 heavy (non-hydrogen) atoms. The van der Waals surface area contributed by atoms with Gasteiger partial charge in [-0.25, -0.2) is 9.78 Å². The third-order valence-corrected chi connectivity index (χ3v) is 4.38. The van der Waals surface area contributed by atoms with E-state index in [1.165, 1.54) is 23.5 Å². The SMILES string of the molecule is CCc1nc(C)c(C(=O)Nc2cc(C(=O)O)ccc2C)s1. The zero-order valence-electron chi connectivity index (χ0n) is 12.1. The molecular weight excluding hydrogens is 288 g/mol. The highest BCUT2D eigenvalue weighted by atomic mass is 32.1. The van der Waals surface area contributed by atoms with Crippen LogP contribution in [0.2, 0.25) is 0 Å². The number of carboxylic acids is 1. The molecule has 5 nitrogen and oxygen atoms in total. The van der Waals surface area contributed by atoms with Gasteiger partial charge in [-0.3, -0.25) is 4.79 Å². The van der Waals surface area contributed by atoms with Gasteiger partial charge in [-0.15, -0.1) is 11.3 Å². The molecular formula is C15H16N2O3S. The Morgan fingerprint density at radius 3 is 2.62 bits per heavy atom. The van der Waals surface area contributed by atoms with Crippen LogP contribution in [0.25, 0.3) is 0 Å². The molecule has 1 heterocycles. The molecule has 0 spiro atoms. The molecule has 0 unspecified atom stereocenters. The van der Waals surface area contributed by atoms with Crippen LogP contribution in [-0.2, 0) is 6.42 Å². The molecule has 0 aliphatic rings. The van der Waals surface area contributed by atoms with Crippen LogP contribution in [0.15, 0.2) is 18.2 Å². The van der Waals surface area contributed by atoms with Gasteiger partial charge in [0.15, 0.2) is 0 Å². The second kappa shape index (κ2) is 6.05. The number of aromatic carboxylic acids is 1. The van der Waals surface area contributed by atoms with Gasteiger partial charge in [-0.1, -0.05) is 13.0 Å². The lowest BCUT2D eigenvalue weighted by Gasteiger charge is -2.08. The number of hydrogen-bond acceptors (Lipinski definition) is 4. The van der Waals surface area contributed by atoms with Crippen molar-refractivity contribution < 1.29 is 14.7 Å². The van der Waals surface area contributed by atoms with Crippen molar-refractivity contribution in [3.05, 3.63) is 44.9 Å². The summed E-state index contributed by atoms with van der Waals surface area (Å²) in [6, 6.07) is 4.66. The van der Waals surface area contributed by atoms with E-state index >= 15 is 0 Å². The zero-order chi connectivity index (χ0) is 15.6. The number of rotatable bonds is 4. The van der Waals surface area contributed by atoms with Gasteiger partial charge in [0, 0.05) is 5.69 Å².